The van der Waals surface area contributed by atoms with E-state index in [1.807, 2.05) is 0 Å². The molecule has 176 valence electrons. The Bertz CT molecular complexity index is 688. The van der Waals surface area contributed by atoms with Crippen molar-refractivity contribution in [2.24, 2.45) is 0 Å². The summed E-state index contributed by atoms with van der Waals surface area (Å²) in [5.41, 5.74) is -0.670. The molecule has 11 nitrogen and oxygen atoms in total. The van der Waals surface area contributed by atoms with Gasteiger partial charge in [-0.2, -0.15) is 0 Å². The minimum absolute atomic E-state index is 0.0189. The van der Waals surface area contributed by atoms with E-state index >= 15 is 0 Å². The second-order valence-corrected chi connectivity index (χ2v) is 10.1. The van der Waals surface area contributed by atoms with Crippen molar-refractivity contribution >= 4 is 23.8 Å². The van der Waals surface area contributed by atoms with Crippen LogP contribution in [0.5, 0.6) is 0 Å². The van der Waals surface area contributed by atoms with Crippen LogP contribution in [0.2, 0.25) is 0 Å². The van der Waals surface area contributed by atoms with Gasteiger partial charge in [-0.25, -0.2) is 4.79 Å². The maximum absolute atomic E-state index is 13.1. The molecule has 6 atom stereocenters. The Balaban J connectivity index is 1.65. The molecular formula is C19H31N3O8S. The van der Waals surface area contributed by atoms with Crippen molar-refractivity contribution in [2.75, 3.05) is 19.0 Å². The summed E-state index contributed by atoms with van der Waals surface area (Å²) in [5.74, 6) is 0.156. The van der Waals surface area contributed by atoms with Crippen LogP contribution in [-0.4, -0.2) is 82.3 Å². The molecule has 0 spiro atoms. The van der Waals surface area contributed by atoms with Gasteiger partial charge >= 0.3 is 6.09 Å². The molecule has 3 rings (SSSR count). The van der Waals surface area contributed by atoms with Crippen molar-refractivity contribution in [3.8, 4) is 0 Å². The zero-order chi connectivity index (χ0) is 22.8. The maximum atomic E-state index is 13.1. The van der Waals surface area contributed by atoms with Crippen LogP contribution in [0, 0.1) is 10.1 Å². The Labute approximate surface area is 185 Å². The molecule has 3 aliphatic heterocycles. The first kappa shape index (κ1) is 23.9. The molecule has 0 bridgehead atoms. The highest BCUT2D eigenvalue weighted by molar-refractivity contribution is 8.00. The fourth-order valence-electron chi connectivity index (χ4n) is 3.99. The Morgan fingerprint density at radius 2 is 1.97 bits per heavy atom. The summed E-state index contributed by atoms with van der Waals surface area (Å²) >= 11 is 1.57. The summed E-state index contributed by atoms with van der Waals surface area (Å²) in [7, 11) is 0. The van der Waals surface area contributed by atoms with Crippen molar-refractivity contribution in [3.63, 3.8) is 0 Å². The molecule has 12 heteroatoms. The molecule has 0 aliphatic carbocycles. The van der Waals surface area contributed by atoms with Gasteiger partial charge in [0.1, 0.15) is 23.9 Å². The van der Waals surface area contributed by atoms with E-state index in [-0.39, 0.29) is 24.5 Å². The number of nitrogens with zero attached hydrogens (tertiary/aromatic N) is 2. The van der Waals surface area contributed by atoms with Crippen LogP contribution in [0.4, 0.5) is 4.79 Å². The van der Waals surface area contributed by atoms with E-state index in [2.05, 4.69) is 17.1 Å². The van der Waals surface area contributed by atoms with Gasteiger partial charge in [0.15, 0.2) is 6.10 Å². The van der Waals surface area contributed by atoms with Crippen molar-refractivity contribution in [1.82, 2.24) is 10.2 Å². The minimum Gasteiger partial charge on any atom is -0.444 e. The summed E-state index contributed by atoms with van der Waals surface area (Å²) in [5, 5.41) is 12.6. The van der Waals surface area contributed by atoms with Gasteiger partial charge in [0.05, 0.1) is 24.6 Å². The molecule has 3 aliphatic rings. The Hall–Kier alpha value is -1.79. The fraction of sp³-hybridized carbons (Fsp3) is 0.895. The minimum atomic E-state index is -0.865. The number of thioether (sulfide) groups is 1. The Morgan fingerprint density at radius 1 is 1.26 bits per heavy atom. The van der Waals surface area contributed by atoms with Gasteiger partial charge in [0.25, 0.3) is 5.09 Å². The van der Waals surface area contributed by atoms with E-state index < -0.39 is 47.2 Å². The predicted octanol–water partition coefficient (Wildman–Crippen LogP) is 1.71. The average molecular weight is 462 g/mol. The normalized spacial score (nSPS) is 32.6. The molecule has 2 amide bonds. The zero-order valence-electron chi connectivity index (χ0n) is 18.3. The third kappa shape index (κ3) is 5.72. The first-order chi connectivity index (χ1) is 14.6. The largest absolute Gasteiger partial charge is 0.444 e. The Kier molecular flexibility index (Phi) is 7.53. The molecule has 3 heterocycles. The highest BCUT2D eigenvalue weighted by atomic mass is 32.2. The standard InChI is InChI=1S/C19H31N3O8S/c1-5-6-7-14-21(18(24)29-19(2,3)4)12(10-31-14)17(23)20-11-8-27-16-13(30-22(25)26)9-28-15(11)16/h11-16H,5-10H2,1-4H3,(H,20,23)/t11-,12-,13-,14+,15+,16+/m0/s1. The first-order valence-electron chi connectivity index (χ1n) is 10.6. The van der Waals surface area contributed by atoms with E-state index in [1.165, 1.54) is 0 Å². The van der Waals surface area contributed by atoms with E-state index in [0.717, 1.165) is 19.3 Å². The van der Waals surface area contributed by atoms with Gasteiger partial charge in [-0.3, -0.25) is 9.69 Å². The molecule has 0 aromatic heterocycles. The smallest absolute Gasteiger partial charge is 0.411 e. The quantitative estimate of drug-likeness (QED) is 0.445. The topological polar surface area (TPSA) is 129 Å². The lowest BCUT2D eigenvalue weighted by Crippen LogP contribution is -2.55. The molecule has 0 unspecified atom stereocenters. The van der Waals surface area contributed by atoms with E-state index in [9.17, 15) is 19.7 Å². The monoisotopic (exact) mass is 461 g/mol. The van der Waals surface area contributed by atoms with Crippen molar-refractivity contribution in [1.29, 1.82) is 0 Å². The number of hydrogen-bond acceptors (Lipinski definition) is 9. The van der Waals surface area contributed by atoms with Crippen molar-refractivity contribution in [3.05, 3.63) is 10.1 Å². The zero-order valence-corrected chi connectivity index (χ0v) is 19.1. The van der Waals surface area contributed by atoms with E-state index in [4.69, 9.17) is 14.2 Å². The number of fused-ring (bicyclic) bond motifs is 1. The summed E-state index contributed by atoms with van der Waals surface area (Å²) < 4.78 is 16.8. The lowest BCUT2D eigenvalue weighted by atomic mass is 10.1. The second-order valence-electron chi connectivity index (χ2n) is 8.91. The maximum Gasteiger partial charge on any atom is 0.411 e. The van der Waals surface area contributed by atoms with Crippen LogP contribution in [0.3, 0.4) is 0 Å². The number of carbonyl (C=O) groups is 2. The van der Waals surface area contributed by atoms with Crippen molar-refractivity contribution in [2.45, 2.75) is 88.3 Å². The number of ether oxygens (including phenoxy) is 3. The SMILES string of the molecule is CCCC[C@H]1SC[C@@H](C(=O)N[C@H]2CO[C@H]3[C@@H]2OC[C@@H]3O[N+](=O)[O-])N1C(=O)OC(C)(C)C. The van der Waals surface area contributed by atoms with Gasteiger partial charge in [0.2, 0.25) is 5.91 Å². The third-order valence-corrected chi connectivity index (χ3v) is 6.72. The lowest BCUT2D eigenvalue weighted by Gasteiger charge is -2.32. The lowest BCUT2D eigenvalue weighted by molar-refractivity contribution is -0.769. The van der Waals surface area contributed by atoms with Crippen LogP contribution in [0.25, 0.3) is 0 Å². The van der Waals surface area contributed by atoms with Gasteiger partial charge in [-0.1, -0.05) is 19.8 Å². The van der Waals surface area contributed by atoms with E-state index in [0.29, 0.717) is 5.75 Å². The molecule has 3 fully saturated rings. The molecule has 31 heavy (non-hydrogen) atoms. The number of unbranched alkanes of at least 4 members (excludes halogenated alkanes) is 1. The second kappa shape index (κ2) is 9.78. The van der Waals surface area contributed by atoms with Crippen LogP contribution >= 0.6 is 11.8 Å². The summed E-state index contributed by atoms with van der Waals surface area (Å²) in [4.78, 5) is 42.8. The molecule has 1 N–H and O–H groups in total. The molecule has 0 saturated carbocycles. The molecule has 0 radical (unpaired) electrons. The highest BCUT2D eigenvalue weighted by Crippen LogP contribution is 2.35. The first-order valence-corrected chi connectivity index (χ1v) is 11.6. The fourth-order valence-corrected chi connectivity index (χ4v) is 5.44. The van der Waals surface area contributed by atoms with Crippen molar-refractivity contribution < 1.29 is 33.7 Å². The summed E-state index contributed by atoms with van der Waals surface area (Å²) in [6.07, 6.45) is 0.239. The molecule has 0 aromatic rings. The number of hydrogen-bond donors (Lipinski definition) is 1. The number of rotatable bonds is 7. The molecule has 0 aromatic carbocycles. The van der Waals surface area contributed by atoms with Gasteiger partial charge in [-0.15, -0.1) is 21.9 Å². The molecular weight excluding hydrogens is 430 g/mol. The summed E-state index contributed by atoms with van der Waals surface area (Å²) in [6, 6.07) is -1.15. The predicted molar refractivity (Wildman–Crippen MR) is 111 cm³/mol. The van der Waals surface area contributed by atoms with Crippen LogP contribution in [0.15, 0.2) is 0 Å². The van der Waals surface area contributed by atoms with E-state index in [1.54, 1.807) is 37.4 Å². The Morgan fingerprint density at radius 3 is 2.61 bits per heavy atom. The highest BCUT2D eigenvalue weighted by Gasteiger charge is 2.51. The molecule has 3 saturated heterocycles. The van der Waals surface area contributed by atoms with Crippen LogP contribution in [-0.2, 0) is 23.8 Å². The third-order valence-electron chi connectivity index (χ3n) is 5.36. The van der Waals surface area contributed by atoms with Gasteiger partial charge in [-0.05, 0) is 27.2 Å². The van der Waals surface area contributed by atoms with Crippen LogP contribution in [0.1, 0.15) is 47.0 Å². The van der Waals surface area contributed by atoms with Crippen LogP contribution < -0.4 is 5.32 Å². The summed E-state index contributed by atoms with van der Waals surface area (Å²) in [6.45, 7) is 7.63. The number of nitrogens with one attached hydrogen (secondary N) is 1. The number of carbonyl (C=O) groups excluding carboxylic acids is 2. The number of amides is 2. The average Bonchev–Trinajstić information content (AvgIpc) is 3.35. The van der Waals surface area contributed by atoms with Gasteiger partial charge in [0, 0.05) is 5.75 Å². The van der Waals surface area contributed by atoms with Gasteiger partial charge < -0.3 is 24.4 Å².